The summed E-state index contributed by atoms with van der Waals surface area (Å²) in [6.45, 7) is 13.2. The van der Waals surface area contributed by atoms with Crippen molar-refractivity contribution in [2.45, 2.75) is 53.5 Å². The first-order chi connectivity index (χ1) is 11.3. The van der Waals surface area contributed by atoms with Crippen molar-refractivity contribution in [1.29, 1.82) is 5.26 Å². The van der Waals surface area contributed by atoms with E-state index in [1.54, 1.807) is 0 Å². The summed E-state index contributed by atoms with van der Waals surface area (Å²) in [6, 6.07) is 10.4. The highest BCUT2D eigenvalue weighted by molar-refractivity contribution is 5.43. The maximum Gasteiger partial charge on any atom is 0.233 e. The molecule has 0 N–H and O–H groups in total. The average molecular weight is 325 g/mol. The number of aromatic nitrogens is 2. The van der Waals surface area contributed by atoms with Crippen molar-refractivity contribution in [1.82, 2.24) is 9.78 Å². The molecule has 4 nitrogen and oxygen atoms in total. The molecule has 0 radical (unpaired) electrons. The maximum absolute atomic E-state index is 9.40. The highest BCUT2D eigenvalue weighted by Crippen LogP contribution is 2.30. The van der Waals surface area contributed by atoms with Gasteiger partial charge in [0, 0.05) is 11.8 Å². The lowest BCUT2D eigenvalue weighted by Crippen LogP contribution is -2.30. The quantitative estimate of drug-likeness (QED) is 0.788. The fourth-order valence-electron chi connectivity index (χ4n) is 2.83. The van der Waals surface area contributed by atoms with Crippen LogP contribution < -0.4 is 4.74 Å². The van der Waals surface area contributed by atoms with E-state index in [2.05, 4.69) is 51.9 Å². The van der Waals surface area contributed by atoms with E-state index >= 15 is 0 Å². The molecule has 0 fully saturated rings. The third-order valence-electron chi connectivity index (χ3n) is 4.28. The van der Waals surface area contributed by atoms with Crippen LogP contribution in [0.2, 0.25) is 0 Å². The first-order valence-corrected chi connectivity index (χ1v) is 8.53. The highest BCUT2D eigenvalue weighted by Gasteiger charge is 2.27. The van der Waals surface area contributed by atoms with Crippen molar-refractivity contribution >= 4 is 0 Å². The lowest BCUT2D eigenvalue weighted by molar-refractivity contribution is 0.253. The van der Waals surface area contributed by atoms with Crippen LogP contribution in [0.25, 0.3) is 0 Å². The molecule has 0 amide bonds. The first-order valence-electron chi connectivity index (χ1n) is 8.53. The zero-order valence-corrected chi connectivity index (χ0v) is 15.6. The van der Waals surface area contributed by atoms with Crippen LogP contribution in [0, 0.1) is 24.2 Å². The van der Waals surface area contributed by atoms with Gasteiger partial charge in [0.15, 0.2) is 0 Å². The van der Waals surface area contributed by atoms with Gasteiger partial charge in [-0.3, -0.25) is 4.68 Å². The Morgan fingerprint density at radius 2 is 2.00 bits per heavy atom. The minimum absolute atomic E-state index is 0.360. The van der Waals surface area contributed by atoms with Gasteiger partial charge in [-0.05, 0) is 50.3 Å². The summed E-state index contributed by atoms with van der Waals surface area (Å²) in [5.74, 6) is 1.11. The Morgan fingerprint density at radius 3 is 2.58 bits per heavy atom. The van der Waals surface area contributed by atoms with Crippen LogP contribution in [0.1, 0.15) is 57.0 Å². The lowest BCUT2D eigenvalue weighted by Gasteiger charge is -2.28. The van der Waals surface area contributed by atoms with Crippen molar-refractivity contribution in [3.63, 3.8) is 0 Å². The summed E-state index contributed by atoms with van der Waals surface area (Å²) in [5.41, 5.74) is 3.57. The topological polar surface area (TPSA) is 50.8 Å². The van der Waals surface area contributed by atoms with E-state index in [0.717, 1.165) is 28.8 Å². The fraction of sp³-hybridized carbons (Fsp3) is 0.500. The molecule has 0 atom stereocenters. The summed E-state index contributed by atoms with van der Waals surface area (Å²) < 4.78 is 7.73. The van der Waals surface area contributed by atoms with Crippen LogP contribution in [0.5, 0.6) is 5.88 Å². The Balaban J connectivity index is 2.38. The monoisotopic (exact) mass is 325 g/mol. The van der Waals surface area contributed by atoms with Gasteiger partial charge in [0.2, 0.25) is 5.88 Å². The molecule has 0 spiro atoms. The molecule has 1 heterocycles. The summed E-state index contributed by atoms with van der Waals surface area (Å²) in [5, 5.41) is 14.0. The van der Waals surface area contributed by atoms with Crippen molar-refractivity contribution < 1.29 is 4.74 Å². The van der Waals surface area contributed by atoms with Gasteiger partial charge < -0.3 is 4.74 Å². The molecule has 128 valence electrons. The molecule has 0 aliphatic rings. The molecular weight excluding hydrogens is 298 g/mol. The van der Waals surface area contributed by atoms with Gasteiger partial charge >= 0.3 is 0 Å². The number of ether oxygens (including phenoxy) is 1. The predicted molar refractivity (Wildman–Crippen MR) is 96.3 cm³/mol. The molecule has 1 aromatic heterocycles. The molecule has 2 aromatic rings. The van der Waals surface area contributed by atoms with Gasteiger partial charge in [0.1, 0.15) is 0 Å². The molecule has 4 heteroatoms. The smallest absolute Gasteiger partial charge is 0.233 e. The zero-order valence-electron chi connectivity index (χ0n) is 15.6. The second-order valence-corrected chi connectivity index (χ2v) is 7.14. The number of benzene rings is 1. The SMILES string of the molecule is CCc1ccc(C(C)(C)n2nc(OCC(C)C)cc2C)cc1C#N. The van der Waals surface area contributed by atoms with E-state index in [-0.39, 0.29) is 5.54 Å². The number of nitrogens with zero attached hydrogens (tertiary/aromatic N) is 3. The molecule has 0 saturated heterocycles. The average Bonchev–Trinajstić information content (AvgIpc) is 2.93. The highest BCUT2D eigenvalue weighted by atomic mass is 16.5. The van der Waals surface area contributed by atoms with Crippen LogP contribution >= 0.6 is 0 Å². The number of aryl methyl sites for hydroxylation is 2. The van der Waals surface area contributed by atoms with Gasteiger partial charge in [0.25, 0.3) is 0 Å². The van der Waals surface area contributed by atoms with Gasteiger partial charge in [-0.2, -0.15) is 5.26 Å². The van der Waals surface area contributed by atoms with Crippen LogP contribution in [-0.2, 0) is 12.0 Å². The van der Waals surface area contributed by atoms with Crippen molar-refractivity contribution in [3.05, 3.63) is 46.6 Å². The van der Waals surface area contributed by atoms with Crippen LogP contribution in [-0.4, -0.2) is 16.4 Å². The Labute approximate surface area is 145 Å². The van der Waals surface area contributed by atoms with E-state index in [1.807, 2.05) is 29.8 Å². The molecule has 0 aliphatic heterocycles. The predicted octanol–water partition coefficient (Wildman–Crippen LogP) is 4.44. The molecule has 2 rings (SSSR count). The van der Waals surface area contributed by atoms with E-state index in [9.17, 15) is 5.26 Å². The molecule has 0 bridgehead atoms. The van der Waals surface area contributed by atoms with Gasteiger partial charge in [-0.15, -0.1) is 5.10 Å². The summed E-state index contributed by atoms with van der Waals surface area (Å²) in [7, 11) is 0. The molecule has 1 aromatic carbocycles. The molecule has 0 saturated carbocycles. The minimum atomic E-state index is -0.360. The van der Waals surface area contributed by atoms with E-state index in [4.69, 9.17) is 4.74 Å². The number of nitriles is 1. The zero-order chi connectivity index (χ0) is 17.9. The lowest BCUT2D eigenvalue weighted by atomic mass is 9.90. The van der Waals surface area contributed by atoms with E-state index in [0.29, 0.717) is 18.4 Å². The Bertz CT molecular complexity index is 751. The number of rotatable bonds is 6. The second kappa shape index (κ2) is 7.09. The minimum Gasteiger partial charge on any atom is -0.476 e. The van der Waals surface area contributed by atoms with Gasteiger partial charge in [-0.25, -0.2) is 0 Å². The first kappa shape index (κ1) is 18.1. The van der Waals surface area contributed by atoms with Crippen molar-refractivity contribution in [2.24, 2.45) is 5.92 Å². The number of hydrogen-bond donors (Lipinski definition) is 0. The summed E-state index contributed by atoms with van der Waals surface area (Å²) in [4.78, 5) is 0. The largest absolute Gasteiger partial charge is 0.476 e. The van der Waals surface area contributed by atoms with Crippen LogP contribution in [0.3, 0.4) is 0 Å². The normalized spacial score (nSPS) is 11.6. The van der Waals surface area contributed by atoms with Crippen LogP contribution in [0.4, 0.5) is 0 Å². The third-order valence-corrected chi connectivity index (χ3v) is 4.28. The summed E-state index contributed by atoms with van der Waals surface area (Å²) in [6.07, 6.45) is 0.859. The molecule has 24 heavy (non-hydrogen) atoms. The standard InChI is InChI=1S/C20H27N3O/c1-7-16-8-9-18(11-17(16)12-21)20(5,6)23-15(4)10-19(22-23)24-13-14(2)3/h8-11,14H,7,13H2,1-6H3. The number of hydrogen-bond acceptors (Lipinski definition) is 3. The van der Waals surface area contributed by atoms with E-state index < -0.39 is 0 Å². The van der Waals surface area contributed by atoms with Crippen molar-refractivity contribution in [3.8, 4) is 11.9 Å². The van der Waals surface area contributed by atoms with Gasteiger partial charge in [-0.1, -0.05) is 32.9 Å². The van der Waals surface area contributed by atoms with Crippen molar-refractivity contribution in [2.75, 3.05) is 6.61 Å². The molecule has 0 unspecified atom stereocenters. The molecular formula is C20H27N3O. The Morgan fingerprint density at radius 1 is 1.29 bits per heavy atom. The third kappa shape index (κ3) is 3.62. The Hall–Kier alpha value is -2.28. The molecule has 0 aliphatic carbocycles. The fourth-order valence-corrected chi connectivity index (χ4v) is 2.83. The second-order valence-electron chi connectivity index (χ2n) is 7.14. The van der Waals surface area contributed by atoms with Gasteiger partial charge in [0.05, 0.1) is 23.8 Å². The van der Waals surface area contributed by atoms with E-state index in [1.165, 1.54) is 0 Å². The van der Waals surface area contributed by atoms with Crippen LogP contribution in [0.15, 0.2) is 24.3 Å². The Kier molecular flexibility index (Phi) is 5.33. The summed E-state index contributed by atoms with van der Waals surface area (Å²) >= 11 is 0. The maximum atomic E-state index is 9.40.